The maximum Gasteiger partial charge on any atom is 0.231 e. The zero-order valence-electron chi connectivity index (χ0n) is 11.2. The van der Waals surface area contributed by atoms with Gasteiger partial charge in [0.2, 0.25) is 6.79 Å². The van der Waals surface area contributed by atoms with Crippen LogP contribution in [0.3, 0.4) is 0 Å². The van der Waals surface area contributed by atoms with Crippen molar-refractivity contribution in [3.8, 4) is 11.5 Å². The minimum Gasteiger partial charge on any atom is -0.454 e. The Hall–Kier alpha value is -1.52. The number of rotatable bonds is 0. The zero-order valence-corrected chi connectivity index (χ0v) is 11.2. The van der Waals surface area contributed by atoms with E-state index >= 15 is 0 Å². The highest BCUT2D eigenvalue weighted by molar-refractivity contribution is 5.53. The van der Waals surface area contributed by atoms with E-state index in [1.807, 2.05) is 0 Å². The first kappa shape index (κ1) is 11.2. The summed E-state index contributed by atoms with van der Waals surface area (Å²) in [6.07, 6.45) is 3.89. The minimum absolute atomic E-state index is 0.191. The van der Waals surface area contributed by atoms with Gasteiger partial charge in [-0.15, -0.1) is 0 Å². The Kier molecular flexibility index (Phi) is 2.11. The van der Waals surface area contributed by atoms with E-state index in [0.29, 0.717) is 12.8 Å². The Morgan fingerprint density at radius 3 is 2.95 bits per heavy atom. The van der Waals surface area contributed by atoms with Gasteiger partial charge in [-0.25, -0.2) is 0 Å². The van der Waals surface area contributed by atoms with Gasteiger partial charge in [0.15, 0.2) is 11.5 Å². The second-order valence-corrected chi connectivity index (χ2v) is 6.18. The first-order valence-electron chi connectivity index (χ1n) is 7.35. The first-order chi connectivity index (χ1) is 9.81. The van der Waals surface area contributed by atoms with Crippen molar-refractivity contribution in [3.63, 3.8) is 0 Å². The predicted octanol–water partition coefficient (Wildman–Crippen LogP) is 1.78. The zero-order chi connectivity index (χ0) is 13.3. The Labute approximate surface area is 117 Å². The van der Waals surface area contributed by atoms with Gasteiger partial charge in [0.05, 0.1) is 6.10 Å². The van der Waals surface area contributed by atoms with E-state index < -0.39 is 0 Å². The summed E-state index contributed by atoms with van der Waals surface area (Å²) in [6.45, 7) is 2.37. The van der Waals surface area contributed by atoms with Crippen molar-refractivity contribution in [3.05, 3.63) is 34.9 Å². The van der Waals surface area contributed by atoms with E-state index in [1.54, 1.807) is 0 Å². The van der Waals surface area contributed by atoms with Crippen LogP contribution in [-0.2, 0) is 6.54 Å². The highest BCUT2D eigenvalue weighted by Gasteiger charge is 2.46. The largest absolute Gasteiger partial charge is 0.454 e. The van der Waals surface area contributed by atoms with Crippen molar-refractivity contribution in [1.29, 1.82) is 0 Å². The average Bonchev–Trinajstić information content (AvgIpc) is 3.06. The monoisotopic (exact) mass is 271 g/mol. The summed E-state index contributed by atoms with van der Waals surface area (Å²) in [5.41, 5.74) is 4.07. The van der Waals surface area contributed by atoms with Crippen molar-refractivity contribution >= 4 is 0 Å². The van der Waals surface area contributed by atoms with E-state index in [-0.39, 0.29) is 12.0 Å². The standard InChI is InChI=1S/C16H17NO3/c18-12-2-1-9-3-4-17-7-10-5-13-14(20-8-19-13)6-11(10)15(12)16(9)17/h1,5-6,12,15-16,18H,2-4,7-8H2/t12-,15-,16?/m1/s1. The van der Waals surface area contributed by atoms with Crippen molar-refractivity contribution < 1.29 is 14.6 Å². The molecule has 1 unspecified atom stereocenters. The fraction of sp³-hybridized carbons (Fsp3) is 0.500. The molecule has 1 aromatic carbocycles. The smallest absolute Gasteiger partial charge is 0.231 e. The molecule has 4 heteroatoms. The van der Waals surface area contributed by atoms with Crippen LogP contribution in [0.2, 0.25) is 0 Å². The van der Waals surface area contributed by atoms with Gasteiger partial charge in [-0.3, -0.25) is 4.90 Å². The lowest BCUT2D eigenvalue weighted by molar-refractivity contribution is 0.0830. The second kappa shape index (κ2) is 3.77. The van der Waals surface area contributed by atoms with E-state index in [0.717, 1.165) is 37.4 Å². The lowest BCUT2D eigenvalue weighted by atomic mass is 9.74. The molecule has 5 rings (SSSR count). The second-order valence-electron chi connectivity index (χ2n) is 6.18. The molecule has 0 bridgehead atoms. The van der Waals surface area contributed by atoms with Crippen LogP contribution in [0, 0.1) is 0 Å². The van der Waals surface area contributed by atoms with Crippen LogP contribution in [-0.4, -0.2) is 35.5 Å². The molecule has 104 valence electrons. The van der Waals surface area contributed by atoms with Crippen molar-refractivity contribution in [2.75, 3.05) is 13.3 Å². The fourth-order valence-electron chi connectivity index (χ4n) is 4.32. The van der Waals surface area contributed by atoms with Gasteiger partial charge < -0.3 is 14.6 Å². The lowest BCUT2D eigenvalue weighted by Gasteiger charge is -2.43. The molecular formula is C16H17NO3. The summed E-state index contributed by atoms with van der Waals surface area (Å²) < 4.78 is 11.0. The van der Waals surface area contributed by atoms with Crippen LogP contribution in [0.1, 0.15) is 29.9 Å². The summed E-state index contributed by atoms with van der Waals surface area (Å²) in [7, 11) is 0. The SMILES string of the molecule is O[C@@H]1CC=C2CCN3Cc4cc5c(cc4[C@H]1C23)OCO5. The van der Waals surface area contributed by atoms with Crippen LogP contribution in [0.4, 0.5) is 0 Å². The molecule has 1 N–H and O–H groups in total. The van der Waals surface area contributed by atoms with Crippen LogP contribution < -0.4 is 9.47 Å². The summed E-state index contributed by atoms with van der Waals surface area (Å²) in [6, 6.07) is 4.60. The molecule has 0 radical (unpaired) electrons. The number of fused-ring (bicyclic) bond motifs is 3. The molecule has 3 aliphatic heterocycles. The van der Waals surface area contributed by atoms with E-state index in [1.165, 1.54) is 16.7 Å². The summed E-state index contributed by atoms with van der Waals surface area (Å²) in [5.74, 6) is 1.87. The van der Waals surface area contributed by atoms with E-state index in [4.69, 9.17) is 9.47 Å². The Morgan fingerprint density at radius 2 is 2.05 bits per heavy atom. The number of benzene rings is 1. The molecule has 4 nitrogen and oxygen atoms in total. The molecule has 20 heavy (non-hydrogen) atoms. The van der Waals surface area contributed by atoms with Gasteiger partial charge in [0.1, 0.15) is 0 Å². The number of ether oxygens (including phenoxy) is 2. The lowest BCUT2D eigenvalue weighted by Crippen LogP contribution is -2.45. The third-order valence-corrected chi connectivity index (χ3v) is 5.20. The molecule has 4 aliphatic rings. The van der Waals surface area contributed by atoms with Crippen molar-refractivity contribution in [2.24, 2.45) is 0 Å². The number of hydrogen-bond donors (Lipinski definition) is 1. The molecule has 1 saturated heterocycles. The molecule has 0 spiro atoms. The van der Waals surface area contributed by atoms with Crippen molar-refractivity contribution in [2.45, 2.75) is 37.5 Å². The van der Waals surface area contributed by atoms with E-state index in [2.05, 4.69) is 23.1 Å². The Balaban J connectivity index is 1.70. The average molecular weight is 271 g/mol. The summed E-state index contributed by atoms with van der Waals surface area (Å²) in [4.78, 5) is 2.50. The molecule has 3 atom stereocenters. The quantitative estimate of drug-likeness (QED) is 0.730. The van der Waals surface area contributed by atoms with Gasteiger partial charge in [-0.1, -0.05) is 11.6 Å². The third-order valence-electron chi connectivity index (χ3n) is 5.20. The number of aliphatic hydroxyl groups is 1. The highest BCUT2D eigenvalue weighted by Crippen LogP contribution is 2.49. The highest BCUT2D eigenvalue weighted by atomic mass is 16.7. The van der Waals surface area contributed by atoms with E-state index in [9.17, 15) is 5.11 Å². The first-order valence-corrected chi connectivity index (χ1v) is 7.35. The molecule has 1 fully saturated rings. The van der Waals surface area contributed by atoms with Gasteiger partial charge in [-0.2, -0.15) is 0 Å². The maximum absolute atomic E-state index is 10.5. The molecule has 0 aromatic heterocycles. The predicted molar refractivity (Wildman–Crippen MR) is 72.8 cm³/mol. The molecule has 1 aromatic rings. The molecule has 0 amide bonds. The van der Waals surface area contributed by atoms with Crippen LogP contribution in [0.5, 0.6) is 11.5 Å². The topological polar surface area (TPSA) is 41.9 Å². The summed E-state index contributed by atoms with van der Waals surface area (Å²) >= 11 is 0. The van der Waals surface area contributed by atoms with Gasteiger partial charge >= 0.3 is 0 Å². The van der Waals surface area contributed by atoms with Gasteiger partial charge in [-0.05, 0) is 36.1 Å². The minimum atomic E-state index is -0.288. The normalized spacial score (nSPS) is 33.6. The summed E-state index contributed by atoms with van der Waals surface area (Å²) in [5, 5.41) is 10.5. The third kappa shape index (κ3) is 1.33. The molecule has 3 heterocycles. The Morgan fingerprint density at radius 1 is 1.20 bits per heavy atom. The van der Waals surface area contributed by atoms with Gasteiger partial charge in [0.25, 0.3) is 0 Å². The fourth-order valence-corrected chi connectivity index (χ4v) is 4.32. The van der Waals surface area contributed by atoms with Crippen LogP contribution in [0.15, 0.2) is 23.8 Å². The van der Waals surface area contributed by atoms with Gasteiger partial charge in [0, 0.05) is 25.0 Å². The number of aliphatic hydroxyl groups excluding tert-OH is 1. The maximum atomic E-state index is 10.5. The number of nitrogens with zero attached hydrogens (tertiary/aromatic N) is 1. The molecular weight excluding hydrogens is 254 g/mol. The van der Waals surface area contributed by atoms with Crippen LogP contribution in [0.25, 0.3) is 0 Å². The van der Waals surface area contributed by atoms with Crippen LogP contribution >= 0.6 is 0 Å². The van der Waals surface area contributed by atoms with Crippen molar-refractivity contribution in [1.82, 2.24) is 4.90 Å². The Bertz CT molecular complexity index is 624. The molecule has 1 aliphatic carbocycles. The molecule has 0 saturated carbocycles. The number of hydrogen-bond acceptors (Lipinski definition) is 4.